The molecule has 1 aliphatic rings. The van der Waals surface area contributed by atoms with Crippen molar-refractivity contribution >= 4 is 39.9 Å². The first-order chi connectivity index (χ1) is 11.6. The SMILES string of the molecule is CCOc1ccc(OCC)c(NC(=O)CSC(=S)N2CCCC2)c1. The molecule has 132 valence electrons. The highest BCUT2D eigenvalue weighted by molar-refractivity contribution is 8.23. The minimum atomic E-state index is -0.101. The topological polar surface area (TPSA) is 50.8 Å². The number of likely N-dealkylation sites (tertiary alicyclic amines) is 1. The minimum Gasteiger partial charge on any atom is -0.494 e. The number of hydrogen-bond acceptors (Lipinski definition) is 5. The zero-order valence-electron chi connectivity index (χ0n) is 14.2. The van der Waals surface area contributed by atoms with E-state index in [0.29, 0.717) is 36.2 Å². The van der Waals surface area contributed by atoms with E-state index < -0.39 is 0 Å². The molecule has 1 aromatic rings. The summed E-state index contributed by atoms with van der Waals surface area (Å²) in [4.78, 5) is 14.4. The number of carbonyl (C=O) groups excluding carboxylic acids is 1. The molecule has 1 aromatic carbocycles. The Morgan fingerprint density at radius 1 is 1.25 bits per heavy atom. The second kappa shape index (κ2) is 9.74. The van der Waals surface area contributed by atoms with Gasteiger partial charge in [0.1, 0.15) is 15.8 Å². The van der Waals surface area contributed by atoms with Gasteiger partial charge in [0.05, 0.1) is 24.7 Å². The smallest absolute Gasteiger partial charge is 0.234 e. The van der Waals surface area contributed by atoms with Gasteiger partial charge in [0.15, 0.2) is 0 Å². The lowest BCUT2D eigenvalue weighted by molar-refractivity contribution is -0.113. The summed E-state index contributed by atoms with van der Waals surface area (Å²) in [7, 11) is 0. The van der Waals surface area contributed by atoms with E-state index in [2.05, 4.69) is 10.2 Å². The Morgan fingerprint density at radius 2 is 1.96 bits per heavy atom. The summed E-state index contributed by atoms with van der Waals surface area (Å²) in [5.74, 6) is 1.54. The van der Waals surface area contributed by atoms with Gasteiger partial charge in [0, 0.05) is 19.2 Å². The number of amides is 1. The molecule has 1 fully saturated rings. The highest BCUT2D eigenvalue weighted by atomic mass is 32.2. The van der Waals surface area contributed by atoms with Crippen LogP contribution in [0.25, 0.3) is 0 Å². The van der Waals surface area contributed by atoms with Crippen LogP contribution in [0.15, 0.2) is 18.2 Å². The molecule has 0 unspecified atom stereocenters. The summed E-state index contributed by atoms with van der Waals surface area (Å²) >= 11 is 6.79. The Labute approximate surface area is 153 Å². The Morgan fingerprint density at radius 3 is 2.62 bits per heavy atom. The zero-order chi connectivity index (χ0) is 17.4. The lowest BCUT2D eigenvalue weighted by Crippen LogP contribution is -2.25. The number of ether oxygens (including phenoxy) is 2. The molecule has 1 N–H and O–H groups in total. The maximum absolute atomic E-state index is 12.3. The highest BCUT2D eigenvalue weighted by Crippen LogP contribution is 2.29. The third kappa shape index (κ3) is 5.56. The molecule has 0 aliphatic carbocycles. The van der Waals surface area contributed by atoms with E-state index in [4.69, 9.17) is 21.7 Å². The number of rotatable bonds is 7. The van der Waals surface area contributed by atoms with Gasteiger partial charge in [-0.2, -0.15) is 0 Å². The van der Waals surface area contributed by atoms with Gasteiger partial charge < -0.3 is 19.7 Å². The first kappa shape index (κ1) is 18.9. The van der Waals surface area contributed by atoms with E-state index >= 15 is 0 Å². The maximum Gasteiger partial charge on any atom is 0.234 e. The molecule has 0 atom stereocenters. The summed E-state index contributed by atoms with van der Waals surface area (Å²) in [6, 6.07) is 5.43. The van der Waals surface area contributed by atoms with E-state index in [9.17, 15) is 4.79 Å². The lowest BCUT2D eigenvalue weighted by Gasteiger charge is -2.17. The number of anilines is 1. The molecule has 1 amide bonds. The van der Waals surface area contributed by atoms with Gasteiger partial charge in [-0.25, -0.2) is 0 Å². The Bertz CT molecular complexity index is 575. The molecule has 1 saturated heterocycles. The summed E-state index contributed by atoms with van der Waals surface area (Å²) < 4.78 is 11.9. The van der Waals surface area contributed by atoms with Crippen molar-refractivity contribution in [3.05, 3.63) is 18.2 Å². The highest BCUT2D eigenvalue weighted by Gasteiger charge is 2.17. The monoisotopic (exact) mass is 368 g/mol. The summed E-state index contributed by atoms with van der Waals surface area (Å²) in [6.07, 6.45) is 2.35. The summed E-state index contributed by atoms with van der Waals surface area (Å²) in [5, 5.41) is 2.90. The lowest BCUT2D eigenvalue weighted by atomic mass is 10.2. The second-order valence-corrected chi connectivity index (χ2v) is 6.93. The van der Waals surface area contributed by atoms with Crippen molar-refractivity contribution in [2.24, 2.45) is 0 Å². The molecular weight excluding hydrogens is 344 g/mol. The van der Waals surface area contributed by atoms with Crippen LogP contribution >= 0.6 is 24.0 Å². The van der Waals surface area contributed by atoms with Crippen molar-refractivity contribution in [3.8, 4) is 11.5 Å². The van der Waals surface area contributed by atoms with Crippen LogP contribution in [0, 0.1) is 0 Å². The molecule has 0 saturated carbocycles. The van der Waals surface area contributed by atoms with Crippen LogP contribution in [0.1, 0.15) is 26.7 Å². The number of carbonyl (C=O) groups is 1. The molecular formula is C17H24N2O3S2. The van der Waals surface area contributed by atoms with Crippen LogP contribution in [-0.4, -0.2) is 47.2 Å². The molecule has 0 radical (unpaired) electrons. The number of benzene rings is 1. The van der Waals surface area contributed by atoms with Crippen LogP contribution in [0.3, 0.4) is 0 Å². The summed E-state index contributed by atoms with van der Waals surface area (Å²) in [5.41, 5.74) is 0.625. The molecule has 5 nitrogen and oxygen atoms in total. The van der Waals surface area contributed by atoms with Crippen LogP contribution in [0.5, 0.6) is 11.5 Å². The Hall–Kier alpha value is -1.47. The maximum atomic E-state index is 12.3. The van der Waals surface area contributed by atoms with Gasteiger partial charge in [0.2, 0.25) is 5.91 Å². The molecule has 2 rings (SSSR count). The molecule has 0 aromatic heterocycles. The first-order valence-electron chi connectivity index (χ1n) is 8.25. The van der Waals surface area contributed by atoms with E-state index in [1.54, 1.807) is 6.07 Å². The van der Waals surface area contributed by atoms with Crippen LogP contribution < -0.4 is 14.8 Å². The quantitative estimate of drug-likeness (QED) is 0.743. The predicted octanol–water partition coefficient (Wildman–Crippen LogP) is 3.54. The normalized spacial score (nSPS) is 13.7. The van der Waals surface area contributed by atoms with Gasteiger partial charge >= 0.3 is 0 Å². The molecule has 1 heterocycles. The van der Waals surface area contributed by atoms with E-state index in [1.165, 1.54) is 24.6 Å². The van der Waals surface area contributed by atoms with Crippen molar-refractivity contribution < 1.29 is 14.3 Å². The fraction of sp³-hybridized carbons (Fsp3) is 0.529. The molecule has 24 heavy (non-hydrogen) atoms. The first-order valence-corrected chi connectivity index (χ1v) is 9.64. The number of nitrogens with zero attached hydrogens (tertiary/aromatic N) is 1. The molecule has 7 heteroatoms. The number of thiocarbonyl (C=S) groups is 1. The zero-order valence-corrected chi connectivity index (χ0v) is 15.8. The average Bonchev–Trinajstić information content (AvgIpc) is 3.10. The molecule has 0 bridgehead atoms. The Balaban J connectivity index is 1.93. The largest absolute Gasteiger partial charge is 0.494 e. The standard InChI is InChI=1S/C17H24N2O3S2/c1-3-21-13-7-8-15(22-4-2)14(11-13)18-16(20)12-24-17(23)19-9-5-6-10-19/h7-8,11H,3-6,9-10,12H2,1-2H3,(H,18,20). The van der Waals surface area contributed by atoms with Gasteiger partial charge in [-0.3, -0.25) is 4.79 Å². The number of hydrogen-bond donors (Lipinski definition) is 1. The van der Waals surface area contributed by atoms with Crippen molar-refractivity contribution in [1.82, 2.24) is 4.90 Å². The molecule has 0 spiro atoms. The van der Waals surface area contributed by atoms with Crippen molar-refractivity contribution in [1.29, 1.82) is 0 Å². The number of nitrogens with one attached hydrogen (secondary N) is 1. The summed E-state index contributed by atoms with van der Waals surface area (Å²) in [6.45, 7) is 6.93. The van der Waals surface area contributed by atoms with E-state index in [1.807, 2.05) is 26.0 Å². The van der Waals surface area contributed by atoms with Crippen molar-refractivity contribution in [2.45, 2.75) is 26.7 Å². The minimum absolute atomic E-state index is 0.101. The van der Waals surface area contributed by atoms with E-state index in [0.717, 1.165) is 17.4 Å². The Kier molecular flexibility index (Phi) is 7.65. The van der Waals surface area contributed by atoms with Crippen LogP contribution in [-0.2, 0) is 4.79 Å². The fourth-order valence-electron chi connectivity index (χ4n) is 2.45. The van der Waals surface area contributed by atoms with Gasteiger partial charge in [-0.15, -0.1) is 0 Å². The second-order valence-electron chi connectivity index (χ2n) is 5.32. The average molecular weight is 369 g/mol. The van der Waals surface area contributed by atoms with Gasteiger partial charge in [-0.05, 0) is 38.8 Å². The fourth-order valence-corrected chi connectivity index (χ4v) is 3.50. The van der Waals surface area contributed by atoms with Gasteiger partial charge in [0.25, 0.3) is 0 Å². The van der Waals surface area contributed by atoms with Crippen molar-refractivity contribution in [2.75, 3.05) is 37.4 Å². The van der Waals surface area contributed by atoms with Crippen LogP contribution in [0.4, 0.5) is 5.69 Å². The third-order valence-corrected chi connectivity index (χ3v) is 5.05. The number of thioether (sulfide) groups is 1. The van der Waals surface area contributed by atoms with Gasteiger partial charge in [-0.1, -0.05) is 24.0 Å². The third-order valence-electron chi connectivity index (χ3n) is 3.53. The van der Waals surface area contributed by atoms with Crippen LogP contribution in [0.2, 0.25) is 0 Å². The van der Waals surface area contributed by atoms with Crippen molar-refractivity contribution in [3.63, 3.8) is 0 Å². The molecule has 1 aliphatic heterocycles. The predicted molar refractivity (Wildman–Crippen MR) is 103 cm³/mol. The van der Waals surface area contributed by atoms with E-state index in [-0.39, 0.29) is 5.91 Å².